The van der Waals surface area contributed by atoms with Crippen molar-refractivity contribution >= 4 is 5.91 Å². The van der Waals surface area contributed by atoms with Crippen LogP contribution in [0.5, 0.6) is 0 Å². The second-order valence-electron chi connectivity index (χ2n) is 4.51. The van der Waals surface area contributed by atoms with Gasteiger partial charge in [-0.05, 0) is 26.8 Å². The molecular formula is C11H18N2O2. The van der Waals surface area contributed by atoms with E-state index in [1.807, 2.05) is 26.8 Å². The fourth-order valence-corrected chi connectivity index (χ4v) is 1.00. The van der Waals surface area contributed by atoms with Crippen LogP contribution in [0.3, 0.4) is 0 Å². The molecule has 0 saturated carbocycles. The third kappa shape index (κ3) is 5.22. The highest BCUT2D eigenvalue weighted by Crippen LogP contribution is 1.99. The van der Waals surface area contributed by atoms with Crippen LogP contribution in [-0.2, 0) is 11.3 Å². The second kappa shape index (κ2) is 4.98. The molecule has 4 nitrogen and oxygen atoms in total. The number of carbonyl (C=O) groups excluding carboxylic acids is 1. The fraction of sp³-hybridized carbons (Fsp3) is 0.545. The van der Waals surface area contributed by atoms with Gasteiger partial charge in [-0.1, -0.05) is 0 Å². The van der Waals surface area contributed by atoms with Crippen LogP contribution in [0.25, 0.3) is 0 Å². The van der Waals surface area contributed by atoms with Crippen LogP contribution in [0.1, 0.15) is 26.3 Å². The third-order valence-corrected chi connectivity index (χ3v) is 1.85. The van der Waals surface area contributed by atoms with E-state index in [1.54, 1.807) is 12.5 Å². The van der Waals surface area contributed by atoms with E-state index in [0.29, 0.717) is 13.1 Å². The molecule has 0 saturated heterocycles. The number of rotatable bonds is 4. The smallest absolute Gasteiger partial charge is 0.234 e. The van der Waals surface area contributed by atoms with E-state index in [1.165, 1.54) is 0 Å². The van der Waals surface area contributed by atoms with E-state index < -0.39 is 0 Å². The average molecular weight is 210 g/mol. The first-order valence-corrected chi connectivity index (χ1v) is 5.00. The molecule has 2 N–H and O–H groups in total. The van der Waals surface area contributed by atoms with Gasteiger partial charge in [0.05, 0.1) is 19.1 Å². The summed E-state index contributed by atoms with van der Waals surface area (Å²) in [5.41, 5.74) is 0.937. The van der Waals surface area contributed by atoms with Gasteiger partial charge in [0.15, 0.2) is 0 Å². The van der Waals surface area contributed by atoms with Crippen LogP contribution in [0.2, 0.25) is 0 Å². The van der Waals surface area contributed by atoms with Gasteiger partial charge in [0, 0.05) is 17.6 Å². The predicted molar refractivity (Wildman–Crippen MR) is 58.3 cm³/mol. The van der Waals surface area contributed by atoms with Crippen molar-refractivity contribution in [3.8, 4) is 0 Å². The van der Waals surface area contributed by atoms with Crippen LogP contribution in [0.4, 0.5) is 0 Å². The zero-order valence-corrected chi connectivity index (χ0v) is 9.46. The largest absolute Gasteiger partial charge is 0.472 e. The lowest BCUT2D eigenvalue weighted by atomic mass is 10.1. The lowest BCUT2D eigenvalue weighted by molar-refractivity contribution is -0.120. The molecule has 84 valence electrons. The number of amides is 1. The zero-order valence-electron chi connectivity index (χ0n) is 9.46. The molecule has 0 atom stereocenters. The van der Waals surface area contributed by atoms with Crippen LogP contribution in [-0.4, -0.2) is 18.0 Å². The summed E-state index contributed by atoms with van der Waals surface area (Å²) in [6.45, 7) is 6.92. The van der Waals surface area contributed by atoms with E-state index in [9.17, 15) is 4.79 Å². The Bertz CT molecular complexity index is 299. The van der Waals surface area contributed by atoms with Gasteiger partial charge in [0.2, 0.25) is 5.91 Å². The molecular weight excluding hydrogens is 192 g/mol. The summed E-state index contributed by atoms with van der Waals surface area (Å²) in [6, 6.07) is 1.83. The Morgan fingerprint density at radius 1 is 1.47 bits per heavy atom. The van der Waals surface area contributed by atoms with Crippen LogP contribution >= 0.6 is 0 Å². The van der Waals surface area contributed by atoms with Crippen LogP contribution in [0.15, 0.2) is 23.0 Å². The molecule has 0 bridgehead atoms. The number of hydrogen-bond acceptors (Lipinski definition) is 3. The highest BCUT2D eigenvalue weighted by Gasteiger charge is 2.10. The second-order valence-corrected chi connectivity index (χ2v) is 4.51. The van der Waals surface area contributed by atoms with Gasteiger partial charge in [-0.3, -0.25) is 4.79 Å². The van der Waals surface area contributed by atoms with Gasteiger partial charge in [0.1, 0.15) is 0 Å². The number of furan rings is 1. The maximum absolute atomic E-state index is 11.4. The first kappa shape index (κ1) is 11.8. The van der Waals surface area contributed by atoms with Crippen molar-refractivity contribution < 1.29 is 9.21 Å². The molecule has 0 aliphatic heterocycles. The number of nitrogens with one attached hydrogen (secondary N) is 2. The summed E-state index contributed by atoms with van der Waals surface area (Å²) in [4.78, 5) is 11.4. The molecule has 0 spiro atoms. The van der Waals surface area contributed by atoms with E-state index in [4.69, 9.17) is 4.42 Å². The lowest BCUT2D eigenvalue weighted by Gasteiger charge is -2.19. The lowest BCUT2D eigenvalue weighted by Crippen LogP contribution is -2.43. The molecule has 0 unspecified atom stereocenters. The molecule has 0 aliphatic rings. The van der Waals surface area contributed by atoms with Gasteiger partial charge in [-0.2, -0.15) is 0 Å². The summed E-state index contributed by atoms with van der Waals surface area (Å²) in [7, 11) is 0. The van der Waals surface area contributed by atoms with Gasteiger partial charge < -0.3 is 15.1 Å². The topological polar surface area (TPSA) is 54.3 Å². The maximum Gasteiger partial charge on any atom is 0.234 e. The Morgan fingerprint density at radius 3 is 2.73 bits per heavy atom. The summed E-state index contributed by atoms with van der Waals surface area (Å²) in [6.07, 6.45) is 3.21. The normalized spacial score (nSPS) is 11.4. The first-order chi connectivity index (χ1) is 6.97. The monoisotopic (exact) mass is 210 g/mol. The Morgan fingerprint density at radius 2 is 2.20 bits per heavy atom. The van der Waals surface area contributed by atoms with Crippen molar-refractivity contribution in [1.82, 2.24) is 10.6 Å². The average Bonchev–Trinajstić information content (AvgIpc) is 2.62. The summed E-state index contributed by atoms with van der Waals surface area (Å²) in [5.74, 6) is -0.00822. The SMILES string of the molecule is CC(C)(C)NCC(=O)NCc1ccoc1. The van der Waals surface area contributed by atoms with E-state index in [0.717, 1.165) is 5.56 Å². The van der Waals surface area contributed by atoms with Gasteiger partial charge in [-0.25, -0.2) is 0 Å². The molecule has 1 amide bonds. The molecule has 1 aromatic rings. The summed E-state index contributed by atoms with van der Waals surface area (Å²) >= 11 is 0. The maximum atomic E-state index is 11.4. The van der Waals surface area contributed by atoms with Crippen molar-refractivity contribution in [1.29, 1.82) is 0 Å². The van der Waals surface area contributed by atoms with Crippen molar-refractivity contribution in [2.24, 2.45) is 0 Å². The van der Waals surface area contributed by atoms with E-state index in [2.05, 4.69) is 10.6 Å². The quantitative estimate of drug-likeness (QED) is 0.787. The highest BCUT2D eigenvalue weighted by atomic mass is 16.3. The van der Waals surface area contributed by atoms with Crippen LogP contribution in [0, 0.1) is 0 Å². The minimum Gasteiger partial charge on any atom is -0.472 e. The van der Waals surface area contributed by atoms with Gasteiger partial charge in [0.25, 0.3) is 0 Å². The Labute approximate surface area is 90.0 Å². The molecule has 1 heterocycles. The van der Waals surface area contributed by atoms with Gasteiger partial charge in [-0.15, -0.1) is 0 Å². The summed E-state index contributed by atoms with van der Waals surface area (Å²) in [5, 5.41) is 5.91. The Balaban J connectivity index is 2.20. The molecule has 0 aromatic carbocycles. The molecule has 4 heteroatoms. The molecule has 1 rings (SSSR count). The molecule has 15 heavy (non-hydrogen) atoms. The van der Waals surface area contributed by atoms with Crippen molar-refractivity contribution in [3.05, 3.63) is 24.2 Å². The third-order valence-electron chi connectivity index (χ3n) is 1.85. The van der Waals surface area contributed by atoms with Crippen molar-refractivity contribution in [2.75, 3.05) is 6.54 Å². The zero-order chi connectivity index (χ0) is 11.3. The molecule has 0 radical (unpaired) electrons. The number of hydrogen-bond donors (Lipinski definition) is 2. The summed E-state index contributed by atoms with van der Waals surface area (Å²) < 4.78 is 4.89. The van der Waals surface area contributed by atoms with Crippen molar-refractivity contribution in [3.63, 3.8) is 0 Å². The van der Waals surface area contributed by atoms with E-state index >= 15 is 0 Å². The molecule has 0 fully saturated rings. The molecule has 1 aromatic heterocycles. The minimum atomic E-state index is -0.0347. The highest BCUT2D eigenvalue weighted by molar-refractivity contribution is 5.78. The molecule has 0 aliphatic carbocycles. The number of carbonyl (C=O) groups is 1. The van der Waals surface area contributed by atoms with Crippen molar-refractivity contribution in [2.45, 2.75) is 32.9 Å². The minimum absolute atomic E-state index is 0.00822. The predicted octanol–water partition coefficient (Wildman–Crippen LogP) is 1.28. The Kier molecular flexibility index (Phi) is 3.91. The van der Waals surface area contributed by atoms with E-state index in [-0.39, 0.29) is 11.4 Å². The Hall–Kier alpha value is -1.29. The standard InChI is InChI=1S/C11H18N2O2/c1-11(2,3)13-7-10(14)12-6-9-4-5-15-8-9/h4-5,8,13H,6-7H2,1-3H3,(H,12,14). The first-order valence-electron chi connectivity index (χ1n) is 5.00. The fourth-order valence-electron chi connectivity index (χ4n) is 1.00. The van der Waals surface area contributed by atoms with Gasteiger partial charge >= 0.3 is 0 Å². The van der Waals surface area contributed by atoms with Crippen LogP contribution < -0.4 is 10.6 Å².